The molecule has 0 aliphatic rings. The van der Waals surface area contributed by atoms with Crippen LogP contribution in [-0.4, -0.2) is 34.3 Å². The van der Waals surface area contributed by atoms with Gasteiger partial charge in [-0.2, -0.15) is 4.98 Å². The van der Waals surface area contributed by atoms with Crippen molar-refractivity contribution >= 4 is 11.5 Å². The smallest absolute Gasteiger partial charge is 0.242 e. The van der Waals surface area contributed by atoms with Crippen LogP contribution < -0.4 is 15.8 Å². The van der Waals surface area contributed by atoms with Gasteiger partial charge in [0.15, 0.2) is 5.82 Å². The van der Waals surface area contributed by atoms with Crippen LogP contribution in [0, 0.1) is 0 Å². The Kier molecular flexibility index (Phi) is 6.21. The third kappa shape index (κ3) is 4.03. The number of aliphatic hydroxyl groups excluding tert-OH is 1. The molecule has 0 aliphatic carbocycles. The third-order valence-corrected chi connectivity index (χ3v) is 2.60. The molecular formula is C12H22N4O2. The van der Waals surface area contributed by atoms with E-state index in [2.05, 4.69) is 15.3 Å². The number of aromatic nitrogens is 2. The van der Waals surface area contributed by atoms with Crippen molar-refractivity contribution in [2.24, 2.45) is 0 Å². The molecule has 1 heterocycles. The molecule has 6 heteroatoms. The Bertz CT molecular complexity index is 360. The van der Waals surface area contributed by atoms with Crippen molar-refractivity contribution in [2.45, 2.75) is 39.2 Å². The molecule has 1 aromatic rings. The van der Waals surface area contributed by atoms with E-state index in [1.807, 2.05) is 13.8 Å². The minimum absolute atomic E-state index is 0.135. The minimum atomic E-state index is 0.135. The van der Waals surface area contributed by atoms with Crippen molar-refractivity contribution in [1.29, 1.82) is 0 Å². The topological polar surface area (TPSA) is 93.3 Å². The van der Waals surface area contributed by atoms with Gasteiger partial charge in [0.05, 0.1) is 6.61 Å². The van der Waals surface area contributed by atoms with E-state index < -0.39 is 0 Å². The molecule has 0 amide bonds. The van der Waals surface area contributed by atoms with E-state index in [0.717, 1.165) is 12.8 Å². The van der Waals surface area contributed by atoms with Crippen LogP contribution in [0.15, 0.2) is 6.33 Å². The Morgan fingerprint density at radius 1 is 1.44 bits per heavy atom. The maximum Gasteiger partial charge on any atom is 0.242 e. The van der Waals surface area contributed by atoms with Crippen LogP contribution in [-0.2, 0) is 0 Å². The van der Waals surface area contributed by atoms with Gasteiger partial charge in [0.25, 0.3) is 0 Å². The Hall–Kier alpha value is -1.56. The van der Waals surface area contributed by atoms with Gasteiger partial charge < -0.3 is 20.9 Å². The number of nitrogens with two attached hydrogens (primary N) is 1. The van der Waals surface area contributed by atoms with Crippen molar-refractivity contribution in [3.8, 4) is 5.88 Å². The van der Waals surface area contributed by atoms with Gasteiger partial charge in [0.2, 0.25) is 5.88 Å². The van der Waals surface area contributed by atoms with Gasteiger partial charge in [-0.3, -0.25) is 0 Å². The molecule has 1 rings (SSSR count). The van der Waals surface area contributed by atoms with Gasteiger partial charge in [-0.15, -0.1) is 0 Å². The van der Waals surface area contributed by atoms with Crippen molar-refractivity contribution in [2.75, 3.05) is 24.3 Å². The highest BCUT2D eigenvalue weighted by Gasteiger charge is 2.12. The van der Waals surface area contributed by atoms with Crippen LogP contribution in [0.3, 0.4) is 0 Å². The molecule has 0 saturated heterocycles. The maximum atomic E-state index is 8.96. The second kappa shape index (κ2) is 7.71. The zero-order valence-corrected chi connectivity index (χ0v) is 11.0. The highest BCUT2D eigenvalue weighted by molar-refractivity contribution is 5.66. The third-order valence-electron chi connectivity index (χ3n) is 2.60. The number of ether oxygens (including phenoxy) is 1. The number of nitrogens with one attached hydrogen (secondary N) is 1. The van der Waals surface area contributed by atoms with Gasteiger partial charge in [-0.25, -0.2) is 4.98 Å². The fourth-order valence-corrected chi connectivity index (χ4v) is 1.54. The van der Waals surface area contributed by atoms with Gasteiger partial charge in [0, 0.05) is 12.6 Å². The monoisotopic (exact) mass is 254 g/mol. The average molecular weight is 254 g/mol. The first-order valence-electron chi connectivity index (χ1n) is 6.33. The number of nitrogens with zero attached hydrogens (tertiary/aromatic N) is 2. The van der Waals surface area contributed by atoms with E-state index >= 15 is 0 Å². The molecule has 0 aliphatic heterocycles. The Morgan fingerprint density at radius 2 is 2.22 bits per heavy atom. The summed E-state index contributed by atoms with van der Waals surface area (Å²) >= 11 is 0. The predicted molar refractivity (Wildman–Crippen MR) is 71.6 cm³/mol. The van der Waals surface area contributed by atoms with Crippen molar-refractivity contribution in [1.82, 2.24) is 9.97 Å². The summed E-state index contributed by atoms with van der Waals surface area (Å²) in [6.45, 7) is 4.77. The largest absolute Gasteiger partial charge is 0.476 e. The Balaban J connectivity index is 2.75. The predicted octanol–water partition coefficient (Wildman–Crippen LogP) is 1.42. The number of aliphatic hydroxyl groups is 1. The summed E-state index contributed by atoms with van der Waals surface area (Å²) < 4.78 is 5.44. The lowest BCUT2D eigenvalue weighted by atomic mass is 10.1. The fourth-order valence-electron chi connectivity index (χ4n) is 1.54. The lowest BCUT2D eigenvalue weighted by Gasteiger charge is -2.18. The molecule has 0 spiro atoms. The number of anilines is 2. The molecule has 1 aromatic heterocycles. The molecule has 0 bridgehead atoms. The van der Waals surface area contributed by atoms with E-state index in [1.54, 1.807) is 0 Å². The summed E-state index contributed by atoms with van der Waals surface area (Å²) in [5.74, 6) is 0.976. The first-order valence-corrected chi connectivity index (χ1v) is 6.33. The summed E-state index contributed by atoms with van der Waals surface area (Å²) in [7, 11) is 0. The Labute approximate surface area is 108 Å². The minimum Gasteiger partial charge on any atom is -0.476 e. The van der Waals surface area contributed by atoms with Crippen LogP contribution in [0.1, 0.15) is 33.1 Å². The van der Waals surface area contributed by atoms with Crippen molar-refractivity contribution < 1.29 is 9.84 Å². The van der Waals surface area contributed by atoms with Gasteiger partial charge >= 0.3 is 0 Å². The zero-order chi connectivity index (χ0) is 13.4. The number of nitrogen functional groups attached to an aromatic ring is 1. The molecule has 1 unspecified atom stereocenters. The van der Waals surface area contributed by atoms with Gasteiger partial charge in [0.1, 0.15) is 12.0 Å². The number of hydrogen-bond donors (Lipinski definition) is 3. The number of hydrogen-bond acceptors (Lipinski definition) is 6. The summed E-state index contributed by atoms with van der Waals surface area (Å²) in [5.41, 5.74) is 6.37. The van der Waals surface area contributed by atoms with E-state index in [9.17, 15) is 0 Å². The average Bonchev–Trinajstić information content (AvgIpc) is 2.39. The molecule has 1 atom stereocenters. The number of rotatable bonds is 8. The van der Waals surface area contributed by atoms with Crippen LogP contribution in [0.5, 0.6) is 5.88 Å². The van der Waals surface area contributed by atoms with Gasteiger partial charge in [-0.05, 0) is 19.3 Å². The molecular weight excluding hydrogens is 232 g/mol. The molecule has 102 valence electrons. The molecule has 0 aromatic carbocycles. The summed E-state index contributed by atoms with van der Waals surface area (Å²) in [4.78, 5) is 8.12. The normalized spacial score (nSPS) is 12.2. The van der Waals surface area contributed by atoms with Crippen molar-refractivity contribution in [3.63, 3.8) is 0 Å². The summed E-state index contributed by atoms with van der Waals surface area (Å²) in [5, 5.41) is 12.2. The molecule has 4 N–H and O–H groups in total. The highest BCUT2D eigenvalue weighted by atomic mass is 16.5. The Morgan fingerprint density at radius 3 is 2.83 bits per heavy atom. The molecule has 0 radical (unpaired) electrons. The van der Waals surface area contributed by atoms with Crippen molar-refractivity contribution in [3.05, 3.63) is 6.33 Å². The highest BCUT2D eigenvalue weighted by Crippen LogP contribution is 2.25. The van der Waals surface area contributed by atoms with Gasteiger partial charge in [-0.1, -0.05) is 13.8 Å². The van der Waals surface area contributed by atoms with E-state index in [1.165, 1.54) is 6.33 Å². The molecule has 18 heavy (non-hydrogen) atoms. The first kappa shape index (κ1) is 14.5. The summed E-state index contributed by atoms with van der Waals surface area (Å²) in [6.07, 6.45) is 3.86. The van der Waals surface area contributed by atoms with Crippen LogP contribution in [0.4, 0.5) is 11.5 Å². The SMILES string of the molecule is CCCOc1ncnc(NC(CC)CCO)c1N. The summed E-state index contributed by atoms with van der Waals surface area (Å²) in [6, 6.07) is 0.145. The molecule has 0 fully saturated rings. The van der Waals surface area contributed by atoms with E-state index in [0.29, 0.717) is 30.4 Å². The second-order valence-corrected chi connectivity index (χ2v) is 4.05. The van der Waals surface area contributed by atoms with Crippen LogP contribution in [0.25, 0.3) is 0 Å². The van der Waals surface area contributed by atoms with Crippen LogP contribution >= 0.6 is 0 Å². The molecule has 0 saturated carbocycles. The van der Waals surface area contributed by atoms with E-state index in [-0.39, 0.29) is 12.6 Å². The standard InChI is InChI=1S/C12H22N4O2/c1-3-7-18-12-10(13)11(14-8-15-12)16-9(4-2)5-6-17/h8-9,17H,3-7,13H2,1-2H3,(H,14,15,16). The van der Waals surface area contributed by atoms with E-state index in [4.69, 9.17) is 15.6 Å². The quantitative estimate of drug-likeness (QED) is 0.649. The molecule has 6 nitrogen and oxygen atoms in total. The maximum absolute atomic E-state index is 8.96. The zero-order valence-electron chi connectivity index (χ0n) is 11.0. The van der Waals surface area contributed by atoms with Crippen LogP contribution in [0.2, 0.25) is 0 Å². The lowest BCUT2D eigenvalue weighted by molar-refractivity contribution is 0.278. The first-order chi connectivity index (χ1) is 8.72. The second-order valence-electron chi connectivity index (χ2n) is 4.05. The fraction of sp³-hybridized carbons (Fsp3) is 0.667. The lowest BCUT2D eigenvalue weighted by Crippen LogP contribution is -2.21.